The number of nitrogens with zero attached hydrogens (tertiary/aromatic N) is 1. The van der Waals surface area contributed by atoms with Gasteiger partial charge in [0.05, 0.1) is 0 Å². The Labute approximate surface area is 141 Å². The van der Waals surface area contributed by atoms with Gasteiger partial charge in [0.1, 0.15) is 0 Å². The van der Waals surface area contributed by atoms with E-state index in [4.69, 9.17) is 0 Å². The van der Waals surface area contributed by atoms with Crippen molar-refractivity contribution >= 4 is 15.9 Å². The second kappa shape index (κ2) is 5.50. The molecule has 1 fully saturated rings. The van der Waals surface area contributed by atoms with Gasteiger partial charge in [-0.15, -0.1) is 0 Å². The van der Waals surface area contributed by atoms with Crippen molar-refractivity contribution in [1.82, 2.24) is 4.90 Å². The Bertz CT molecular complexity index is 681. The van der Waals surface area contributed by atoms with Crippen molar-refractivity contribution in [3.63, 3.8) is 0 Å². The Hall–Kier alpha value is -1.12. The van der Waals surface area contributed by atoms with E-state index in [1.165, 1.54) is 36.0 Å². The maximum atomic E-state index is 3.75. The van der Waals surface area contributed by atoms with Gasteiger partial charge in [-0.05, 0) is 41.0 Å². The van der Waals surface area contributed by atoms with E-state index >= 15 is 0 Å². The predicted molar refractivity (Wildman–Crippen MR) is 95.0 cm³/mol. The number of likely N-dealkylation sites (tertiary alicyclic amines) is 1. The molecule has 2 aromatic rings. The van der Waals surface area contributed by atoms with E-state index in [-0.39, 0.29) is 0 Å². The van der Waals surface area contributed by atoms with Crippen LogP contribution in [0.3, 0.4) is 0 Å². The summed E-state index contributed by atoms with van der Waals surface area (Å²) < 4.78 is 1.30. The summed E-state index contributed by atoms with van der Waals surface area (Å²) in [5, 5.41) is 0. The Morgan fingerprint density at radius 2 is 1.95 bits per heavy atom. The second-order valence-electron chi connectivity index (χ2n) is 7.17. The molecular weight excluding hydrogens is 334 g/mol. The van der Waals surface area contributed by atoms with Crippen LogP contribution < -0.4 is 0 Å². The predicted octanol–water partition coefficient (Wildman–Crippen LogP) is 5.00. The Morgan fingerprint density at radius 3 is 2.77 bits per heavy atom. The van der Waals surface area contributed by atoms with Crippen LogP contribution in [-0.4, -0.2) is 18.0 Å². The van der Waals surface area contributed by atoms with Crippen LogP contribution in [0.4, 0.5) is 0 Å². The summed E-state index contributed by atoms with van der Waals surface area (Å²) >= 11 is 3.75. The highest BCUT2D eigenvalue weighted by molar-refractivity contribution is 9.10. The standard InChI is InChI=1S/C20H22BrN/c1-20-11-10-17-16(8-5-9-19(17)21)18(20)13-22(14-20)12-15-6-3-2-4-7-15/h2-9,18H,10-14H2,1H3/t18-,20-/m1/s1. The second-order valence-corrected chi connectivity index (χ2v) is 8.02. The molecule has 0 saturated carbocycles. The fraction of sp³-hybridized carbons (Fsp3) is 0.400. The molecule has 0 unspecified atom stereocenters. The lowest BCUT2D eigenvalue weighted by Crippen LogP contribution is -2.30. The van der Waals surface area contributed by atoms with Crippen molar-refractivity contribution in [3.8, 4) is 0 Å². The quantitative estimate of drug-likeness (QED) is 0.732. The number of rotatable bonds is 2. The molecule has 1 aliphatic heterocycles. The molecule has 1 aliphatic carbocycles. The van der Waals surface area contributed by atoms with Gasteiger partial charge in [0, 0.05) is 30.0 Å². The Balaban J connectivity index is 1.61. The minimum Gasteiger partial charge on any atom is -0.298 e. The molecule has 1 heterocycles. The third-order valence-corrected chi connectivity index (χ3v) is 6.34. The van der Waals surface area contributed by atoms with Crippen LogP contribution in [0.2, 0.25) is 0 Å². The highest BCUT2D eigenvalue weighted by atomic mass is 79.9. The van der Waals surface area contributed by atoms with Gasteiger partial charge in [-0.2, -0.15) is 0 Å². The molecule has 1 saturated heterocycles. The lowest BCUT2D eigenvalue weighted by Gasteiger charge is -2.37. The summed E-state index contributed by atoms with van der Waals surface area (Å²) in [6, 6.07) is 17.6. The average molecular weight is 356 g/mol. The number of fused-ring (bicyclic) bond motifs is 3. The molecule has 114 valence electrons. The van der Waals surface area contributed by atoms with E-state index in [1.807, 2.05) is 0 Å². The smallest absolute Gasteiger partial charge is 0.0234 e. The molecule has 2 atom stereocenters. The van der Waals surface area contributed by atoms with E-state index in [2.05, 4.69) is 76.3 Å². The zero-order valence-corrected chi connectivity index (χ0v) is 14.6. The molecule has 0 bridgehead atoms. The van der Waals surface area contributed by atoms with E-state index in [9.17, 15) is 0 Å². The molecule has 4 rings (SSSR count). The number of halogens is 1. The Kier molecular flexibility index (Phi) is 3.62. The van der Waals surface area contributed by atoms with Crippen LogP contribution in [0.1, 0.15) is 36.0 Å². The van der Waals surface area contributed by atoms with Crippen molar-refractivity contribution in [3.05, 3.63) is 69.7 Å². The maximum Gasteiger partial charge on any atom is 0.0234 e. The summed E-state index contributed by atoms with van der Waals surface area (Å²) in [5.74, 6) is 0.678. The van der Waals surface area contributed by atoms with Gasteiger partial charge in [-0.25, -0.2) is 0 Å². The summed E-state index contributed by atoms with van der Waals surface area (Å²) in [5.41, 5.74) is 4.99. The summed E-state index contributed by atoms with van der Waals surface area (Å²) in [7, 11) is 0. The fourth-order valence-corrected chi connectivity index (χ4v) is 5.01. The van der Waals surface area contributed by atoms with Gasteiger partial charge in [0.25, 0.3) is 0 Å². The van der Waals surface area contributed by atoms with Crippen LogP contribution in [-0.2, 0) is 13.0 Å². The van der Waals surface area contributed by atoms with Crippen LogP contribution in [0, 0.1) is 5.41 Å². The van der Waals surface area contributed by atoms with E-state index in [1.54, 1.807) is 11.1 Å². The van der Waals surface area contributed by atoms with E-state index in [0.717, 1.165) is 6.54 Å². The fourth-order valence-electron chi connectivity index (χ4n) is 4.43. The molecule has 2 aromatic carbocycles. The normalized spacial score (nSPS) is 27.5. The van der Waals surface area contributed by atoms with Gasteiger partial charge in [-0.3, -0.25) is 4.90 Å². The SMILES string of the molecule is C[C@]12CCc3c(Br)cccc3[C@H]1CN(Cc1ccccc1)C2. The molecule has 0 aromatic heterocycles. The molecule has 0 radical (unpaired) electrons. The topological polar surface area (TPSA) is 3.24 Å². The molecule has 2 heteroatoms. The van der Waals surface area contributed by atoms with E-state index < -0.39 is 0 Å². The number of hydrogen-bond acceptors (Lipinski definition) is 1. The molecule has 0 spiro atoms. The van der Waals surface area contributed by atoms with Crippen LogP contribution >= 0.6 is 15.9 Å². The first-order chi connectivity index (χ1) is 10.7. The molecule has 0 N–H and O–H groups in total. The monoisotopic (exact) mass is 355 g/mol. The maximum absolute atomic E-state index is 3.75. The number of benzene rings is 2. The first-order valence-electron chi connectivity index (χ1n) is 8.19. The molecule has 0 amide bonds. The van der Waals surface area contributed by atoms with Crippen LogP contribution in [0.5, 0.6) is 0 Å². The largest absolute Gasteiger partial charge is 0.298 e. The lowest BCUT2D eigenvalue weighted by molar-refractivity contribution is 0.240. The van der Waals surface area contributed by atoms with Crippen LogP contribution in [0.15, 0.2) is 53.0 Å². The highest BCUT2D eigenvalue weighted by Gasteiger charge is 2.46. The third-order valence-electron chi connectivity index (χ3n) is 5.59. The van der Waals surface area contributed by atoms with Gasteiger partial charge >= 0.3 is 0 Å². The van der Waals surface area contributed by atoms with Gasteiger partial charge in [-0.1, -0.05) is 65.3 Å². The zero-order valence-electron chi connectivity index (χ0n) is 13.1. The van der Waals surface area contributed by atoms with Gasteiger partial charge < -0.3 is 0 Å². The van der Waals surface area contributed by atoms with Gasteiger partial charge in [0.15, 0.2) is 0 Å². The minimum absolute atomic E-state index is 0.433. The summed E-state index contributed by atoms with van der Waals surface area (Å²) in [6.45, 7) is 5.98. The van der Waals surface area contributed by atoms with Crippen LogP contribution in [0.25, 0.3) is 0 Å². The average Bonchev–Trinajstić information content (AvgIpc) is 2.85. The molecular formula is C20H22BrN. The summed E-state index contributed by atoms with van der Waals surface area (Å²) in [4.78, 5) is 2.65. The van der Waals surface area contributed by atoms with Gasteiger partial charge in [0.2, 0.25) is 0 Å². The van der Waals surface area contributed by atoms with Crippen molar-refractivity contribution in [1.29, 1.82) is 0 Å². The third kappa shape index (κ3) is 2.43. The highest BCUT2D eigenvalue weighted by Crippen LogP contribution is 2.51. The molecule has 2 aliphatic rings. The van der Waals surface area contributed by atoms with Crippen molar-refractivity contribution in [2.45, 2.75) is 32.2 Å². The minimum atomic E-state index is 0.433. The molecule has 1 nitrogen and oxygen atoms in total. The molecule has 22 heavy (non-hydrogen) atoms. The summed E-state index contributed by atoms with van der Waals surface area (Å²) in [6.07, 6.45) is 2.52. The van der Waals surface area contributed by atoms with Crippen molar-refractivity contribution < 1.29 is 0 Å². The zero-order chi connectivity index (χ0) is 15.2. The van der Waals surface area contributed by atoms with Crippen molar-refractivity contribution in [2.24, 2.45) is 5.41 Å². The van der Waals surface area contributed by atoms with E-state index in [0.29, 0.717) is 11.3 Å². The first-order valence-corrected chi connectivity index (χ1v) is 8.99. The number of hydrogen-bond donors (Lipinski definition) is 0. The Morgan fingerprint density at radius 1 is 1.14 bits per heavy atom. The van der Waals surface area contributed by atoms with Crippen molar-refractivity contribution in [2.75, 3.05) is 13.1 Å². The first kappa shape index (κ1) is 14.5. The lowest BCUT2D eigenvalue weighted by atomic mass is 9.67.